The van der Waals surface area contributed by atoms with Crippen LogP contribution < -0.4 is 0 Å². The van der Waals surface area contributed by atoms with Gasteiger partial charge in [0, 0.05) is 24.9 Å². The summed E-state index contributed by atoms with van der Waals surface area (Å²) in [5.74, 6) is -0.679. The summed E-state index contributed by atoms with van der Waals surface area (Å²) in [5.41, 5.74) is 0. The summed E-state index contributed by atoms with van der Waals surface area (Å²) in [4.78, 5) is 36.0. The molecule has 1 aromatic heterocycles. The molecule has 1 aromatic rings. The molecule has 1 saturated heterocycles. The molecule has 1 amide bonds. The number of rotatable bonds is 3. The highest BCUT2D eigenvalue weighted by Gasteiger charge is 2.41. The van der Waals surface area contributed by atoms with Gasteiger partial charge in [0.1, 0.15) is 10.7 Å². The molecule has 3 rings (SSSR count). The van der Waals surface area contributed by atoms with E-state index in [2.05, 4.69) is 0 Å². The lowest BCUT2D eigenvalue weighted by molar-refractivity contribution is -0.402. The number of hydrogen-bond acceptors (Lipinski definition) is 5. The molecule has 2 heterocycles. The van der Waals surface area contributed by atoms with E-state index in [4.69, 9.17) is 4.42 Å². The van der Waals surface area contributed by atoms with Gasteiger partial charge in [0.2, 0.25) is 0 Å². The number of ketones is 1. The Bertz CT molecular complexity index is 594. The molecule has 112 valence electrons. The highest BCUT2D eigenvalue weighted by atomic mass is 16.6. The lowest BCUT2D eigenvalue weighted by atomic mass is 9.95. The smallest absolute Gasteiger partial charge is 0.395 e. The number of nitro groups is 1. The molecule has 7 nitrogen and oxygen atoms in total. The van der Waals surface area contributed by atoms with Crippen molar-refractivity contribution in [3.63, 3.8) is 0 Å². The summed E-state index contributed by atoms with van der Waals surface area (Å²) in [7, 11) is 0. The Morgan fingerprint density at radius 2 is 2.14 bits per heavy atom. The molecule has 0 aromatic carbocycles. The van der Waals surface area contributed by atoms with Crippen molar-refractivity contribution in [2.45, 2.75) is 38.1 Å². The van der Waals surface area contributed by atoms with E-state index >= 15 is 0 Å². The second kappa shape index (κ2) is 5.31. The molecule has 7 heteroatoms. The first-order chi connectivity index (χ1) is 10.1. The Kier molecular flexibility index (Phi) is 3.48. The van der Waals surface area contributed by atoms with Gasteiger partial charge in [-0.15, -0.1) is 0 Å². The highest BCUT2D eigenvalue weighted by Crippen LogP contribution is 2.34. The Hall–Kier alpha value is -2.18. The number of amides is 1. The minimum atomic E-state index is -0.668. The second-order valence-electron chi connectivity index (χ2n) is 5.57. The van der Waals surface area contributed by atoms with Gasteiger partial charge in [-0.05, 0) is 31.7 Å². The first kappa shape index (κ1) is 13.8. The third-order valence-corrected chi connectivity index (χ3v) is 4.36. The zero-order chi connectivity index (χ0) is 15.0. The van der Waals surface area contributed by atoms with Gasteiger partial charge < -0.3 is 9.32 Å². The maximum Gasteiger partial charge on any atom is 0.433 e. The molecule has 1 saturated carbocycles. The fourth-order valence-corrected chi connectivity index (χ4v) is 3.39. The van der Waals surface area contributed by atoms with E-state index in [1.165, 1.54) is 12.1 Å². The maximum absolute atomic E-state index is 12.5. The largest absolute Gasteiger partial charge is 0.433 e. The number of Topliss-reactive ketones (excluding diaryl/α,β-unsaturated/α-hetero) is 1. The van der Waals surface area contributed by atoms with E-state index in [-0.39, 0.29) is 29.4 Å². The predicted octanol–water partition coefficient (Wildman–Crippen LogP) is 2.16. The number of likely N-dealkylation sites (tertiary alicyclic amines) is 1. The van der Waals surface area contributed by atoms with Crippen molar-refractivity contribution in [1.82, 2.24) is 4.90 Å². The number of carbonyl (C=O) groups excluding carboxylic acids is 2. The third kappa shape index (κ3) is 2.43. The quantitative estimate of drug-likeness (QED) is 0.628. The highest BCUT2D eigenvalue weighted by molar-refractivity contribution is 5.93. The zero-order valence-corrected chi connectivity index (χ0v) is 11.5. The van der Waals surface area contributed by atoms with Gasteiger partial charge >= 0.3 is 5.88 Å². The van der Waals surface area contributed by atoms with Crippen LogP contribution in [0.1, 0.15) is 42.7 Å². The molecule has 0 radical (unpaired) electrons. The van der Waals surface area contributed by atoms with Crippen molar-refractivity contribution in [3.8, 4) is 0 Å². The van der Waals surface area contributed by atoms with Crippen LogP contribution in [0.5, 0.6) is 0 Å². The van der Waals surface area contributed by atoms with E-state index in [9.17, 15) is 19.7 Å². The minimum absolute atomic E-state index is 0.0287. The van der Waals surface area contributed by atoms with Gasteiger partial charge in [-0.2, -0.15) is 0 Å². The molecule has 2 aliphatic rings. The van der Waals surface area contributed by atoms with Gasteiger partial charge in [0.05, 0.1) is 6.07 Å². The molecule has 0 spiro atoms. The number of furan rings is 1. The van der Waals surface area contributed by atoms with Crippen molar-refractivity contribution in [1.29, 1.82) is 0 Å². The Labute approximate surface area is 121 Å². The van der Waals surface area contributed by atoms with E-state index < -0.39 is 10.8 Å². The van der Waals surface area contributed by atoms with Crippen LogP contribution in [0.3, 0.4) is 0 Å². The van der Waals surface area contributed by atoms with Crippen molar-refractivity contribution in [2.24, 2.45) is 5.92 Å². The molecule has 2 fully saturated rings. The van der Waals surface area contributed by atoms with Crippen LogP contribution in [0.4, 0.5) is 5.88 Å². The Balaban J connectivity index is 1.79. The lowest BCUT2D eigenvalue weighted by Gasteiger charge is -2.27. The van der Waals surface area contributed by atoms with E-state index in [0.717, 1.165) is 25.7 Å². The van der Waals surface area contributed by atoms with Gasteiger partial charge in [-0.25, -0.2) is 0 Å². The molecular formula is C14H16N2O5. The summed E-state index contributed by atoms with van der Waals surface area (Å²) in [6.45, 7) is 0.571. The predicted molar refractivity (Wildman–Crippen MR) is 71.8 cm³/mol. The molecule has 21 heavy (non-hydrogen) atoms. The van der Waals surface area contributed by atoms with Crippen LogP contribution in [0.25, 0.3) is 0 Å². The van der Waals surface area contributed by atoms with Crippen molar-refractivity contribution in [2.75, 3.05) is 6.54 Å². The minimum Gasteiger partial charge on any atom is -0.395 e. The topological polar surface area (TPSA) is 93.7 Å². The SMILES string of the molecule is O=C1CCCC1C1CCCN1C(=O)c1ccc([N+](=O)[O-])o1. The normalized spacial score (nSPS) is 25.5. The van der Waals surface area contributed by atoms with Crippen LogP contribution >= 0.6 is 0 Å². The van der Waals surface area contributed by atoms with Crippen LogP contribution in [-0.4, -0.2) is 34.1 Å². The molecule has 0 N–H and O–H groups in total. The van der Waals surface area contributed by atoms with Gasteiger partial charge in [-0.3, -0.25) is 19.7 Å². The van der Waals surface area contributed by atoms with Crippen molar-refractivity contribution < 1.29 is 18.9 Å². The second-order valence-corrected chi connectivity index (χ2v) is 5.57. The first-order valence-electron chi connectivity index (χ1n) is 7.16. The molecular weight excluding hydrogens is 276 g/mol. The fourth-order valence-electron chi connectivity index (χ4n) is 3.39. The summed E-state index contributed by atoms with van der Waals surface area (Å²) in [6.07, 6.45) is 3.96. The maximum atomic E-state index is 12.5. The average Bonchev–Trinajstić information content (AvgIpc) is 3.17. The lowest BCUT2D eigenvalue weighted by Crippen LogP contribution is -2.41. The van der Waals surface area contributed by atoms with Crippen LogP contribution in [0.2, 0.25) is 0 Å². The Morgan fingerprint density at radius 1 is 1.33 bits per heavy atom. The van der Waals surface area contributed by atoms with Crippen LogP contribution in [0.15, 0.2) is 16.5 Å². The Morgan fingerprint density at radius 3 is 2.76 bits per heavy atom. The average molecular weight is 292 g/mol. The van der Waals surface area contributed by atoms with Gasteiger partial charge in [0.25, 0.3) is 5.91 Å². The summed E-state index contributed by atoms with van der Waals surface area (Å²) < 4.78 is 4.98. The summed E-state index contributed by atoms with van der Waals surface area (Å²) in [6, 6.07) is 2.42. The summed E-state index contributed by atoms with van der Waals surface area (Å²) in [5, 5.41) is 10.6. The van der Waals surface area contributed by atoms with Crippen molar-refractivity contribution in [3.05, 3.63) is 28.0 Å². The first-order valence-corrected chi connectivity index (χ1v) is 7.16. The third-order valence-electron chi connectivity index (χ3n) is 4.36. The van der Waals surface area contributed by atoms with Crippen LogP contribution in [-0.2, 0) is 4.79 Å². The van der Waals surface area contributed by atoms with E-state index in [1.54, 1.807) is 4.90 Å². The molecule has 0 bridgehead atoms. The van der Waals surface area contributed by atoms with Gasteiger partial charge in [-0.1, -0.05) is 0 Å². The zero-order valence-electron chi connectivity index (χ0n) is 11.5. The number of nitrogens with zero attached hydrogens (tertiary/aromatic N) is 2. The van der Waals surface area contributed by atoms with Crippen molar-refractivity contribution >= 4 is 17.6 Å². The standard InChI is InChI=1S/C14H16N2O5/c17-11-5-1-3-9(11)10-4-2-8-15(10)14(18)12-6-7-13(21-12)16(19)20/h6-7,9-10H,1-5,8H2. The molecule has 1 aliphatic carbocycles. The monoisotopic (exact) mass is 292 g/mol. The van der Waals surface area contributed by atoms with Gasteiger partial charge in [0.15, 0.2) is 5.76 Å². The molecule has 2 atom stereocenters. The number of carbonyl (C=O) groups is 2. The summed E-state index contributed by atoms with van der Waals surface area (Å²) >= 11 is 0. The number of hydrogen-bond donors (Lipinski definition) is 0. The van der Waals surface area contributed by atoms with E-state index in [0.29, 0.717) is 13.0 Å². The van der Waals surface area contributed by atoms with E-state index in [1.807, 2.05) is 0 Å². The molecule has 1 aliphatic heterocycles. The fraction of sp³-hybridized carbons (Fsp3) is 0.571. The molecule has 2 unspecified atom stereocenters. The van der Waals surface area contributed by atoms with Crippen LogP contribution in [0, 0.1) is 16.0 Å².